The van der Waals surface area contributed by atoms with Gasteiger partial charge in [0.15, 0.2) is 0 Å². The number of benzene rings is 2. The molecule has 0 saturated carbocycles. The highest BCUT2D eigenvalue weighted by Crippen LogP contribution is 2.31. The van der Waals surface area contributed by atoms with Crippen LogP contribution in [0, 0.1) is 0 Å². The number of hydrogen-bond acceptors (Lipinski definition) is 3. The highest BCUT2D eigenvalue weighted by atomic mass is 32.2. The first kappa shape index (κ1) is 14.1. The number of para-hydroxylation sites is 1. The summed E-state index contributed by atoms with van der Waals surface area (Å²) in [6.45, 7) is 3.53. The number of fused-ring (bicyclic) bond motifs is 1. The van der Waals surface area contributed by atoms with Crippen molar-refractivity contribution in [3.05, 3.63) is 59.7 Å². The van der Waals surface area contributed by atoms with Crippen molar-refractivity contribution in [2.24, 2.45) is 0 Å². The molecule has 0 bridgehead atoms. The van der Waals surface area contributed by atoms with Crippen molar-refractivity contribution in [1.82, 2.24) is 4.31 Å². The summed E-state index contributed by atoms with van der Waals surface area (Å²) in [7, 11) is -3.49. The van der Waals surface area contributed by atoms with Gasteiger partial charge in [0.05, 0.1) is 5.69 Å². The Morgan fingerprint density at radius 1 is 1.00 bits per heavy atom. The Labute approximate surface area is 125 Å². The van der Waals surface area contributed by atoms with E-state index in [0.717, 1.165) is 11.1 Å². The summed E-state index contributed by atoms with van der Waals surface area (Å²) in [5, 5.41) is 3.12. The molecule has 2 aromatic rings. The van der Waals surface area contributed by atoms with E-state index in [9.17, 15) is 8.42 Å². The van der Waals surface area contributed by atoms with Gasteiger partial charge in [0, 0.05) is 19.6 Å². The minimum atomic E-state index is -3.49. The van der Waals surface area contributed by atoms with Crippen LogP contribution in [0.25, 0.3) is 0 Å². The summed E-state index contributed by atoms with van der Waals surface area (Å²) in [4.78, 5) is 0.347. The molecule has 4 nitrogen and oxygen atoms in total. The first-order chi connectivity index (χ1) is 10.1. The second-order valence-electron chi connectivity index (χ2n) is 5.07. The van der Waals surface area contributed by atoms with Gasteiger partial charge in [-0.1, -0.05) is 36.4 Å². The van der Waals surface area contributed by atoms with Crippen molar-refractivity contribution < 1.29 is 8.42 Å². The molecular formula is C16H18N2O2S. The average Bonchev–Trinajstić information content (AvgIpc) is 2.93. The maximum atomic E-state index is 12.9. The van der Waals surface area contributed by atoms with Crippen LogP contribution in [0.15, 0.2) is 53.4 Å². The van der Waals surface area contributed by atoms with Gasteiger partial charge in [-0.25, -0.2) is 8.42 Å². The molecule has 0 unspecified atom stereocenters. The van der Waals surface area contributed by atoms with Crippen LogP contribution in [0.4, 0.5) is 5.69 Å². The van der Waals surface area contributed by atoms with Gasteiger partial charge < -0.3 is 5.32 Å². The molecule has 1 heterocycles. The maximum absolute atomic E-state index is 12.9. The fourth-order valence-corrected chi connectivity index (χ4v) is 4.20. The molecule has 0 spiro atoms. The third-order valence-electron chi connectivity index (χ3n) is 3.68. The van der Waals surface area contributed by atoms with E-state index in [0.29, 0.717) is 30.2 Å². The van der Waals surface area contributed by atoms with E-state index in [4.69, 9.17) is 0 Å². The standard InChI is InChI=1S/C16H18N2O2S/c1-2-17-15-9-5-6-10-16(15)21(19,20)18-11-13-7-3-4-8-14(13)12-18/h3-10,17H,2,11-12H2,1H3. The summed E-state index contributed by atoms with van der Waals surface area (Å²) >= 11 is 0. The molecule has 1 N–H and O–H groups in total. The van der Waals surface area contributed by atoms with E-state index in [1.807, 2.05) is 37.3 Å². The summed E-state index contributed by atoms with van der Waals surface area (Å²) < 4.78 is 27.3. The van der Waals surface area contributed by atoms with Gasteiger partial charge in [0.25, 0.3) is 0 Å². The van der Waals surface area contributed by atoms with Crippen LogP contribution in [0.5, 0.6) is 0 Å². The molecule has 5 heteroatoms. The normalized spacial score (nSPS) is 14.9. The Balaban J connectivity index is 1.96. The van der Waals surface area contributed by atoms with Crippen molar-refractivity contribution in [2.45, 2.75) is 24.9 Å². The molecule has 0 aromatic heterocycles. The molecule has 0 saturated heterocycles. The van der Waals surface area contributed by atoms with E-state index < -0.39 is 10.0 Å². The van der Waals surface area contributed by atoms with Gasteiger partial charge in [0.1, 0.15) is 4.90 Å². The Bertz CT molecular complexity index is 731. The van der Waals surface area contributed by atoms with Crippen LogP contribution in [-0.4, -0.2) is 19.3 Å². The van der Waals surface area contributed by atoms with E-state index in [1.54, 1.807) is 18.2 Å². The Morgan fingerprint density at radius 2 is 1.57 bits per heavy atom. The lowest BCUT2D eigenvalue weighted by Gasteiger charge is -2.18. The van der Waals surface area contributed by atoms with Gasteiger partial charge in [-0.05, 0) is 30.2 Å². The predicted octanol–water partition coefficient (Wildman–Crippen LogP) is 2.82. The van der Waals surface area contributed by atoms with Crippen molar-refractivity contribution in [1.29, 1.82) is 0 Å². The zero-order chi connectivity index (χ0) is 14.9. The molecule has 0 radical (unpaired) electrons. The Kier molecular flexibility index (Phi) is 3.69. The van der Waals surface area contributed by atoms with E-state index in [1.165, 1.54) is 4.31 Å². The van der Waals surface area contributed by atoms with Crippen LogP contribution >= 0.6 is 0 Å². The first-order valence-electron chi connectivity index (χ1n) is 7.02. The molecule has 0 aliphatic carbocycles. The molecule has 1 aliphatic rings. The van der Waals surface area contributed by atoms with E-state index in [2.05, 4.69) is 5.32 Å². The average molecular weight is 302 g/mol. The van der Waals surface area contributed by atoms with Crippen molar-refractivity contribution in [3.63, 3.8) is 0 Å². The van der Waals surface area contributed by atoms with E-state index in [-0.39, 0.29) is 0 Å². The highest BCUT2D eigenvalue weighted by Gasteiger charge is 2.31. The Hall–Kier alpha value is -1.85. The van der Waals surface area contributed by atoms with Crippen molar-refractivity contribution in [2.75, 3.05) is 11.9 Å². The van der Waals surface area contributed by atoms with Gasteiger partial charge >= 0.3 is 0 Å². The van der Waals surface area contributed by atoms with Crippen LogP contribution in [0.2, 0.25) is 0 Å². The minimum Gasteiger partial charge on any atom is -0.384 e. The number of nitrogens with one attached hydrogen (secondary N) is 1. The van der Waals surface area contributed by atoms with Gasteiger partial charge in [0.2, 0.25) is 10.0 Å². The zero-order valence-electron chi connectivity index (χ0n) is 11.9. The molecular weight excluding hydrogens is 284 g/mol. The number of hydrogen-bond donors (Lipinski definition) is 1. The van der Waals surface area contributed by atoms with Crippen LogP contribution in [0.3, 0.4) is 0 Å². The summed E-state index contributed by atoms with van der Waals surface area (Å²) in [5.41, 5.74) is 2.83. The second kappa shape index (κ2) is 5.50. The van der Waals surface area contributed by atoms with Crippen LogP contribution in [0.1, 0.15) is 18.1 Å². The molecule has 0 atom stereocenters. The van der Waals surface area contributed by atoms with Gasteiger partial charge in [-0.15, -0.1) is 0 Å². The maximum Gasteiger partial charge on any atom is 0.245 e. The number of rotatable bonds is 4. The van der Waals surface area contributed by atoms with Crippen molar-refractivity contribution in [3.8, 4) is 0 Å². The lowest BCUT2D eigenvalue weighted by atomic mass is 10.1. The molecule has 0 fully saturated rings. The largest absolute Gasteiger partial charge is 0.384 e. The Morgan fingerprint density at radius 3 is 2.19 bits per heavy atom. The van der Waals surface area contributed by atoms with Gasteiger partial charge in [-0.3, -0.25) is 0 Å². The third kappa shape index (κ3) is 2.54. The molecule has 110 valence electrons. The number of nitrogens with zero attached hydrogens (tertiary/aromatic N) is 1. The smallest absolute Gasteiger partial charge is 0.245 e. The summed E-state index contributed by atoms with van der Waals surface area (Å²) in [6, 6.07) is 14.9. The van der Waals surface area contributed by atoms with Crippen LogP contribution in [-0.2, 0) is 23.1 Å². The minimum absolute atomic E-state index is 0.347. The van der Waals surface area contributed by atoms with E-state index >= 15 is 0 Å². The lowest BCUT2D eigenvalue weighted by Crippen LogP contribution is -2.26. The third-order valence-corrected chi connectivity index (χ3v) is 5.53. The second-order valence-corrected chi connectivity index (χ2v) is 6.97. The SMILES string of the molecule is CCNc1ccccc1S(=O)(=O)N1Cc2ccccc2C1. The predicted molar refractivity (Wildman–Crippen MR) is 83.5 cm³/mol. The zero-order valence-corrected chi connectivity index (χ0v) is 12.7. The number of sulfonamides is 1. The molecule has 3 rings (SSSR count). The first-order valence-corrected chi connectivity index (χ1v) is 8.47. The summed E-state index contributed by atoms with van der Waals surface area (Å²) in [5.74, 6) is 0. The van der Waals surface area contributed by atoms with Crippen LogP contribution < -0.4 is 5.32 Å². The molecule has 0 amide bonds. The molecule has 1 aliphatic heterocycles. The van der Waals surface area contributed by atoms with Crippen molar-refractivity contribution >= 4 is 15.7 Å². The quantitative estimate of drug-likeness (QED) is 0.945. The topological polar surface area (TPSA) is 49.4 Å². The lowest BCUT2D eigenvalue weighted by molar-refractivity contribution is 0.432. The fraction of sp³-hybridized carbons (Fsp3) is 0.250. The summed E-state index contributed by atoms with van der Waals surface area (Å²) in [6.07, 6.45) is 0. The molecule has 2 aromatic carbocycles. The monoisotopic (exact) mass is 302 g/mol. The molecule has 21 heavy (non-hydrogen) atoms. The fourth-order valence-electron chi connectivity index (χ4n) is 2.64. The van der Waals surface area contributed by atoms with Gasteiger partial charge in [-0.2, -0.15) is 4.31 Å². The number of anilines is 1. The highest BCUT2D eigenvalue weighted by molar-refractivity contribution is 7.89.